The summed E-state index contributed by atoms with van der Waals surface area (Å²) in [5, 5.41) is 0. The van der Waals surface area contributed by atoms with Crippen LogP contribution < -0.4 is 0 Å². The van der Waals surface area contributed by atoms with Crippen molar-refractivity contribution in [3.05, 3.63) is 0 Å². The van der Waals surface area contributed by atoms with Crippen molar-refractivity contribution in [1.82, 2.24) is 0 Å². The summed E-state index contributed by atoms with van der Waals surface area (Å²) in [6.45, 7) is 45.3. The van der Waals surface area contributed by atoms with Crippen LogP contribution in [0, 0.1) is 35.5 Å². The van der Waals surface area contributed by atoms with Crippen molar-refractivity contribution in [3.8, 4) is 0 Å². The summed E-state index contributed by atoms with van der Waals surface area (Å²) in [7, 11) is 0. The van der Waals surface area contributed by atoms with Gasteiger partial charge in [0.2, 0.25) is 0 Å². The number of alkyl halides is 3. The summed E-state index contributed by atoms with van der Waals surface area (Å²) < 4.78 is 84.8. The van der Waals surface area contributed by atoms with Crippen molar-refractivity contribution >= 4 is 0 Å². The van der Waals surface area contributed by atoms with Crippen molar-refractivity contribution < 1.29 is 22.8 Å². The lowest BCUT2D eigenvalue weighted by Crippen LogP contribution is -2.18. The summed E-state index contributed by atoms with van der Waals surface area (Å²) in [6, 6.07) is 0. The average molecular weight is 795 g/mol. The third-order valence-electron chi connectivity index (χ3n) is 7.33. The van der Waals surface area contributed by atoms with Crippen LogP contribution in [0.15, 0.2) is 0 Å². The topological polar surface area (TPSA) is 0 Å². The van der Waals surface area contributed by atoms with E-state index in [0.717, 1.165) is 37.5 Å². The maximum absolute atomic E-state index is 11.4. The molecule has 2 aliphatic rings. The molecule has 0 nitrogen and oxygen atoms in total. The van der Waals surface area contributed by atoms with Gasteiger partial charge in [0.15, 0.2) is 0 Å². The number of hydrogen-bond acceptors (Lipinski definition) is 0. The minimum atomic E-state index is -3.99. The monoisotopic (exact) mass is 794 g/mol. The molecule has 54 heavy (non-hydrogen) atoms. The van der Waals surface area contributed by atoms with Crippen molar-refractivity contribution in [1.29, 1.82) is 0 Å². The third kappa shape index (κ3) is 124. The molecule has 0 heterocycles. The van der Waals surface area contributed by atoms with E-state index in [1.807, 2.05) is 41.5 Å². The zero-order valence-corrected chi connectivity index (χ0v) is 42.2. The lowest BCUT2D eigenvalue weighted by molar-refractivity contribution is -0.170. The van der Waals surface area contributed by atoms with E-state index in [4.69, 9.17) is 9.60 Å². The maximum Gasteiger partial charge on any atom is 0.391 e. The summed E-state index contributed by atoms with van der Waals surface area (Å²) in [6.07, 6.45) is 13.9. The van der Waals surface area contributed by atoms with Crippen LogP contribution in [0.25, 0.3) is 0 Å². The lowest BCUT2D eigenvalue weighted by Gasteiger charge is -2.18. The van der Waals surface area contributed by atoms with Crippen LogP contribution in [-0.2, 0) is 0 Å². The number of halogens is 3. The molecule has 0 bridgehead atoms. The molecule has 0 amide bonds. The molecule has 1 unspecified atom stereocenters. The molecule has 0 N–H and O–H groups in total. The molecule has 2 fully saturated rings. The van der Waals surface area contributed by atoms with Crippen molar-refractivity contribution in [2.75, 3.05) is 0 Å². The van der Waals surface area contributed by atoms with E-state index in [1.165, 1.54) is 90.9 Å². The Bertz CT molecular complexity index is 725. The fraction of sp³-hybridized carbons (Fsp3) is 1.00. The van der Waals surface area contributed by atoms with Crippen LogP contribution in [0.3, 0.4) is 0 Å². The zero-order chi connectivity index (χ0) is 51.1. The molecule has 2 aliphatic carbocycles. The maximum atomic E-state index is 11.4. The van der Waals surface area contributed by atoms with Crippen LogP contribution in [0.2, 0.25) is 0 Å². The van der Waals surface area contributed by atoms with Gasteiger partial charge in [-0.25, -0.2) is 0 Å². The highest BCUT2D eigenvalue weighted by molar-refractivity contribution is 4.64. The Kier molecular flexibility index (Phi) is 73.0. The van der Waals surface area contributed by atoms with E-state index >= 15 is 0 Å². The second-order valence-corrected chi connectivity index (χ2v) is 15.5. The van der Waals surface area contributed by atoms with Gasteiger partial charge in [0.25, 0.3) is 0 Å². The fourth-order valence-electron chi connectivity index (χ4n) is 3.19. The molecule has 0 radical (unpaired) electrons. The Labute approximate surface area is 357 Å². The summed E-state index contributed by atoms with van der Waals surface area (Å²) in [4.78, 5) is 0. The normalized spacial score (nSPS) is 16.4. The molecule has 0 aromatic rings. The molecule has 2 saturated carbocycles. The first-order valence-electron chi connectivity index (χ1n) is 26.6. The number of unbranched alkanes of at least 4 members (excludes halogenated alkanes) is 3. The van der Waals surface area contributed by atoms with Crippen molar-refractivity contribution in [3.63, 3.8) is 0 Å². The van der Waals surface area contributed by atoms with Gasteiger partial charge in [0.05, 0.1) is 5.92 Å². The fourth-order valence-corrected chi connectivity index (χ4v) is 3.19. The highest BCUT2D eigenvalue weighted by atomic mass is 19.4. The van der Waals surface area contributed by atoms with Gasteiger partial charge in [-0.15, -0.1) is 0 Å². The van der Waals surface area contributed by atoms with Crippen molar-refractivity contribution in [2.24, 2.45) is 35.5 Å². The molecule has 3 heteroatoms. The number of hydrogen-bond donors (Lipinski definition) is 0. The van der Waals surface area contributed by atoms with E-state index in [2.05, 4.69) is 83.1 Å². The van der Waals surface area contributed by atoms with Gasteiger partial charge in [-0.3, -0.25) is 0 Å². The van der Waals surface area contributed by atoms with Gasteiger partial charge >= 0.3 is 6.18 Å². The van der Waals surface area contributed by atoms with Crippen LogP contribution in [-0.4, -0.2) is 6.18 Å². The predicted molar refractivity (Wildman–Crippen MR) is 254 cm³/mol. The minimum absolute atomic E-state index is 0.170. The molecular weight excluding hydrogens is 670 g/mol. The highest BCUT2D eigenvalue weighted by Gasteiger charge is 2.33. The van der Waals surface area contributed by atoms with Gasteiger partial charge in [0.1, 0.15) is 0 Å². The Morgan fingerprint density at radius 2 is 0.759 bits per heavy atom. The summed E-state index contributed by atoms with van der Waals surface area (Å²) in [5.41, 5.74) is 0. The first-order valence-corrected chi connectivity index (χ1v) is 23.1. The van der Waals surface area contributed by atoms with Crippen LogP contribution in [0.4, 0.5) is 13.2 Å². The first kappa shape index (κ1) is 55.9. The largest absolute Gasteiger partial charge is 0.391 e. The Hall–Kier alpha value is -0.210. The zero-order valence-electron chi connectivity index (χ0n) is 49.2. The smallest absolute Gasteiger partial charge is 0.171 e. The molecule has 342 valence electrons. The second kappa shape index (κ2) is 70.6. The molecule has 2 rings (SSSR count). The van der Waals surface area contributed by atoms with Gasteiger partial charge in [-0.2, -0.15) is 13.2 Å². The molecular formula is C51H117F3. The molecule has 0 saturated heterocycles. The molecule has 0 aromatic carbocycles. The van der Waals surface area contributed by atoms with Gasteiger partial charge in [0, 0.05) is 9.60 Å². The molecule has 1 atom stereocenters. The van der Waals surface area contributed by atoms with Crippen molar-refractivity contribution in [2.45, 2.75) is 300 Å². The molecule has 0 aromatic heterocycles. The van der Waals surface area contributed by atoms with Crippen LogP contribution in [0.5, 0.6) is 0 Å². The average Bonchev–Trinajstić information content (AvgIpc) is 3.69. The summed E-state index contributed by atoms with van der Waals surface area (Å²) in [5.74, 6) is 0.997. The minimum Gasteiger partial charge on any atom is -0.171 e. The van der Waals surface area contributed by atoms with E-state index in [1.54, 1.807) is 20.8 Å². The summed E-state index contributed by atoms with van der Waals surface area (Å²) >= 11 is 0. The Balaban J connectivity index is -0.0000000715. The first-order chi connectivity index (χ1) is 27.5. The van der Waals surface area contributed by atoms with E-state index < -0.39 is 31.2 Å². The van der Waals surface area contributed by atoms with E-state index in [0.29, 0.717) is 18.3 Å². The predicted octanol–water partition coefficient (Wildman–Crippen LogP) is 21.8. The lowest BCUT2D eigenvalue weighted by atomic mass is 9.88. The molecule has 0 aliphatic heterocycles. The highest BCUT2D eigenvalue weighted by Crippen LogP contribution is 2.28. The van der Waals surface area contributed by atoms with Gasteiger partial charge in [-0.05, 0) is 36.0 Å². The SMILES string of the molecule is CC.CC(C)C.CCC.CCC(C)C.CCC(C)C(F)(F)F.CCCC.CCCCC.[2H]C(C)(C)C.[2H]C([2H])(C)C1CCCC1.[2H]C([2H])(C)C1CCCCC1.[2H]C([2H])(C)CC. The second-order valence-electron chi connectivity index (χ2n) is 15.5. The standard InChI is InChI=1S/C8H16.C7H14.C5H9F3.2C5H12.4C4H10.C3H8.C2H6/c1-2-8-6-4-3-5-7-8;1-2-7-5-3-4-6-7;1-3-4(2)5(6,7)8;1-4-5(2)3;1-3-5-4-2;2*1-4(2)3;2*1-3-4-2;1-3-2;1-2/h8H,2-7H2,1H3;7H,2-6H2,1H3;4H,3H2,1-2H3;5H,4H2,1-3H3;3-5H2,1-2H3;2*4H,1-3H3;2*3-4H2,1-2H3;3H2,1-2H3;1-2H3/i2*2D2;;;;4D;;3D2;;;. The van der Waals surface area contributed by atoms with Gasteiger partial charge < -0.3 is 0 Å². The molecule has 0 spiro atoms. The Morgan fingerprint density at radius 1 is 0.519 bits per heavy atom. The Morgan fingerprint density at radius 3 is 0.833 bits per heavy atom. The quantitative estimate of drug-likeness (QED) is 0.230. The van der Waals surface area contributed by atoms with Crippen LogP contribution >= 0.6 is 0 Å². The van der Waals surface area contributed by atoms with Gasteiger partial charge in [-0.1, -0.05) is 288 Å². The van der Waals surface area contributed by atoms with Crippen LogP contribution in [0.1, 0.15) is 304 Å². The van der Waals surface area contributed by atoms with E-state index in [9.17, 15) is 13.2 Å². The number of rotatable bonds is 8. The van der Waals surface area contributed by atoms with E-state index in [-0.39, 0.29) is 12.3 Å². The third-order valence-corrected chi connectivity index (χ3v) is 7.33.